The Labute approximate surface area is 105 Å². The van der Waals surface area contributed by atoms with Crippen LogP contribution >= 0.6 is 11.6 Å². The van der Waals surface area contributed by atoms with Crippen LogP contribution in [0.2, 0.25) is 5.02 Å². The van der Waals surface area contributed by atoms with Crippen molar-refractivity contribution in [1.29, 1.82) is 0 Å². The number of aromatic nitrogens is 2. The van der Waals surface area contributed by atoms with Crippen LogP contribution in [-0.2, 0) is 0 Å². The molecule has 4 nitrogen and oxygen atoms in total. The number of aryl methyl sites for hydroxylation is 1. The van der Waals surface area contributed by atoms with E-state index in [1.165, 1.54) is 0 Å². The summed E-state index contributed by atoms with van der Waals surface area (Å²) in [6.07, 6.45) is 1.63. The van der Waals surface area contributed by atoms with Gasteiger partial charge in [-0.05, 0) is 24.6 Å². The molecular formula is C12H12ClN3O. The maximum Gasteiger partial charge on any atom is 0.225 e. The lowest BCUT2D eigenvalue weighted by atomic mass is 10.2. The highest BCUT2D eigenvalue weighted by Crippen LogP contribution is 2.26. The minimum Gasteiger partial charge on any atom is -0.439 e. The second kappa shape index (κ2) is 5.01. The van der Waals surface area contributed by atoms with E-state index >= 15 is 0 Å². The number of nitrogens with zero attached hydrogens (tertiary/aromatic N) is 2. The predicted octanol–water partition coefficient (Wildman–Crippen LogP) is 3.27. The van der Waals surface area contributed by atoms with Gasteiger partial charge in [0.15, 0.2) is 0 Å². The van der Waals surface area contributed by atoms with E-state index in [0.717, 1.165) is 5.56 Å². The number of hydrogen-bond donors (Lipinski definition) is 1. The first-order valence-corrected chi connectivity index (χ1v) is 5.51. The van der Waals surface area contributed by atoms with Crippen LogP contribution in [0.15, 0.2) is 30.5 Å². The van der Waals surface area contributed by atoms with Crippen molar-refractivity contribution in [2.75, 3.05) is 12.4 Å². The lowest BCUT2D eigenvalue weighted by Gasteiger charge is -2.08. The second-order valence-electron chi connectivity index (χ2n) is 3.48. The Kier molecular flexibility index (Phi) is 3.44. The van der Waals surface area contributed by atoms with Crippen LogP contribution in [0.1, 0.15) is 5.56 Å². The van der Waals surface area contributed by atoms with Gasteiger partial charge in [0, 0.05) is 24.3 Å². The highest BCUT2D eigenvalue weighted by Gasteiger charge is 2.04. The van der Waals surface area contributed by atoms with E-state index in [2.05, 4.69) is 15.3 Å². The highest BCUT2D eigenvalue weighted by molar-refractivity contribution is 6.30. The van der Waals surface area contributed by atoms with Gasteiger partial charge < -0.3 is 10.1 Å². The van der Waals surface area contributed by atoms with E-state index in [0.29, 0.717) is 22.6 Å². The average Bonchev–Trinajstić information content (AvgIpc) is 2.34. The molecule has 1 aromatic heterocycles. The summed E-state index contributed by atoms with van der Waals surface area (Å²) in [5.74, 6) is 1.69. The SMILES string of the molecule is CNc1nccc(Oc2cc(Cl)ccc2C)n1. The number of halogens is 1. The van der Waals surface area contributed by atoms with Gasteiger partial charge in [-0.1, -0.05) is 17.7 Å². The third kappa shape index (κ3) is 2.85. The van der Waals surface area contributed by atoms with Crippen molar-refractivity contribution in [1.82, 2.24) is 9.97 Å². The molecule has 1 N–H and O–H groups in total. The van der Waals surface area contributed by atoms with E-state index in [9.17, 15) is 0 Å². The number of rotatable bonds is 3. The van der Waals surface area contributed by atoms with Crippen LogP contribution in [0, 0.1) is 6.92 Å². The Hall–Kier alpha value is -1.81. The fraction of sp³-hybridized carbons (Fsp3) is 0.167. The molecule has 0 radical (unpaired) electrons. The molecule has 0 aliphatic heterocycles. The van der Waals surface area contributed by atoms with Gasteiger partial charge >= 0.3 is 0 Å². The van der Waals surface area contributed by atoms with Crippen LogP contribution in [0.5, 0.6) is 11.6 Å². The molecule has 0 saturated carbocycles. The molecule has 0 bridgehead atoms. The molecule has 0 aliphatic rings. The maximum absolute atomic E-state index is 5.92. The highest BCUT2D eigenvalue weighted by atomic mass is 35.5. The molecule has 0 unspecified atom stereocenters. The van der Waals surface area contributed by atoms with Crippen molar-refractivity contribution in [2.45, 2.75) is 6.92 Å². The van der Waals surface area contributed by atoms with E-state index in [1.807, 2.05) is 19.1 Å². The first-order chi connectivity index (χ1) is 8.19. The zero-order valence-electron chi connectivity index (χ0n) is 9.57. The number of hydrogen-bond acceptors (Lipinski definition) is 4. The Balaban J connectivity index is 2.27. The Morgan fingerprint density at radius 1 is 1.29 bits per heavy atom. The number of benzene rings is 1. The third-order valence-corrected chi connectivity index (χ3v) is 2.45. The average molecular weight is 250 g/mol. The summed E-state index contributed by atoms with van der Waals surface area (Å²) in [6.45, 7) is 1.95. The van der Waals surface area contributed by atoms with Crippen LogP contribution in [0.4, 0.5) is 5.95 Å². The van der Waals surface area contributed by atoms with E-state index in [1.54, 1.807) is 25.4 Å². The van der Waals surface area contributed by atoms with Gasteiger partial charge in [0.1, 0.15) is 5.75 Å². The molecule has 17 heavy (non-hydrogen) atoms. The molecular weight excluding hydrogens is 238 g/mol. The Morgan fingerprint density at radius 2 is 2.12 bits per heavy atom. The standard InChI is InChI=1S/C12H12ClN3O/c1-8-3-4-9(13)7-10(8)17-11-5-6-15-12(14-2)16-11/h3-7H,1-2H3,(H,14,15,16). The molecule has 0 aliphatic carbocycles. The largest absolute Gasteiger partial charge is 0.439 e. The number of anilines is 1. The molecule has 0 atom stereocenters. The molecule has 0 amide bonds. The fourth-order valence-electron chi connectivity index (χ4n) is 1.32. The molecule has 5 heteroatoms. The lowest BCUT2D eigenvalue weighted by molar-refractivity contribution is 0.459. The minimum atomic E-state index is 0.481. The van der Waals surface area contributed by atoms with E-state index < -0.39 is 0 Å². The van der Waals surface area contributed by atoms with Crippen LogP contribution < -0.4 is 10.1 Å². The smallest absolute Gasteiger partial charge is 0.225 e. The van der Waals surface area contributed by atoms with Crippen LogP contribution in [0.25, 0.3) is 0 Å². The zero-order valence-corrected chi connectivity index (χ0v) is 10.3. The fourth-order valence-corrected chi connectivity index (χ4v) is 1.48. The van der Waals surface area contributed by atoms with Gasteiger partial charge in [-0.25, -0.2) is 4.98 Å². The van der Waals surface area contributed by atoms with Gasteiger partial charge in [0.2, 0.25) is 11.8 Å². The maximum atomic E-state index is 5.92. The zero-order chi connectivity index (χ0) is 12.3. The summed E-state index contributed by atoms with van der Waals surface area (Å²) < 4.78 is 5.66. The van der Waals surface area contributed by atoms with Gasteiger partial charge in [-0.3, -0.25) is 0 Å². The third-order valence-electron chi connectivity index (χ3n) is 2.22. The molecule has 0 fully saturated rings. The molecule has 1 aromatic carbocycles. The first kappa shape index (κ1) is 11.7. The van der Waals surface area contributed by atoms with Crippen molar-refractivity contribution in [2.24, 2.45) is 0 Å². The van der Waals surface area contributed by atoms with Gasteiger partial charge in [0.25, 0.3) is 0 Å². The van der Waals surface area contributed by atoms with Crippen molar-refractivity contribution in [3.63, 3.8) is 0 Å². The van der Waals surface area contributed by atoms with Crippen molar-refractivity contribution in [3.05, 3.63) is 41.0 Å². The molecule has 0 saturated heterocycles. The molecule has 2 aromatic rings. The summed E-state index contributed by atoms with van der Waals surface area (Å²) in [6, 6.07) is 7.18. The number of ether oxygens (including phenoxy) is 1. The predicted molar refractivity (Wildman–Crippen MR) is 67.8 cm³/mol. The minimum absolute atomic E-state index is 0.481. The molecule has 0 spiro atoms. The van der Waals surface area contributed by atoms with E-state index in [4.69, 9.17) is 16.3 Å². The topological polar surface area (TPSA) is 47.0 Å². The summed E-state index contributed by atoms with van der Waals surface area (Å²) in [4.78, 5) is 8.18. The van der Waals surface area contributed by atoms with E-state index in [-0.39, 0.29) is 0 Å². The quantitative estimate of drug-likeness (QED) is 0.907. The molecule has 88 valence electrons. The Morgan fingerprint density at radius 3 is 2.88 bits per heavy atom. The number of nitrogens with one attached hydrogen (secondary N) is 1. The summed E-state index contributed by atoms with van der Waals surface area (Å²) in [5.41, 5.74) is 0.999. The Bertz CT molecular complexity index is 531. The lowest BCUT2D eigenvalue weighted by Crippen LogP contribution is -1.97. The normalized spacial score (nSPS) is 10.1. The van der Waals surface area contributed by atoms with Gasteiger partial charge in [0.05, 0.1) is 0 Å². The van der Waals surface area contributed by atoms with Crippen molar-refractivity contribution < 1.29 is 4.74 Å². The van der Waals surface area contributed by atoms with Gasteiger partial charge in [-0.2, -0.15) is 4.98 Å². The van der Waals surface area contributed by atoms with Crippen molar-refractivity contribution >= 4 is 17.5 Å². The molecule has 1 heterocycles. The summed E-state index contributed by atoms with van der Waals surface area (Å²) >= 11 is 5.92. The first-order valence-electron chi connectivity index (χ1n) is 5.14. The molecule has 2 rings (SSSR count). The summed E-state index contributed by atoms with van der Waals surface area (Å²) in [5, 5.41) is 3.48. The van der Waals surface area contributed by atoms with Crippen LogP contribution in [0.3, 0.4) is 0 Å². The monoisotopic (exact) mass is 249 g/mol. The summed E-state index contributed by atoms with van der Waals surface area (Å²) in [7, 11) is 1.75. The second-order valence-corrected chi connectivity index (χ2v) is 3.92. The van der Waals surface area contributed by atoms with Crippen molar-refractivity contribution in [3.8, 4) is 11.6 Å². The van der Waals surface area contributed by atoms with Crippen LogP contribution in [-0.4, -0.2) is 17.0 Å². The van der Waals surface area contributed by atoms with Gasteiger partial charge in [-0.15, -0.1) is 0 Å².